The first kappa shape index (κ1) is 10.5. The van der Waals surface area contributed by atoms with Crippen LogP contribution in [0.2, 0.25) is 0 Å². The summed E-state index contributed by atoms with van der Waals surface area (Å²) in [7, 11) is 0. The van der Waals surface area contributed by atoms with E-state index in [1.165, 1.54) is 29.7 Å². The highest BCUT2D eigenvalue weighted by Crippen LogP contribution is 2.17. The summed E-state index contributed by atoms with van der Waals surface area (Å²) in [5.41, 5.74) is 4.00. The molecule has 0 aromatic heterocycles. The van der Waals surface area contributed by atoms with Gasteiger partial charge in [0.15, 0.2) is 0 Å². The van der Waals surface area contributed by atoms with E-state index in [4.69, 9.17) is 0 Å². The average Bonchev–Trinajstić information content (AvgIpc) is 2.25. The van der Waals surface area contributed by atoms with E-state index in [-0.39, 0.29) is 0 Å². The Kier molecular flexibility index (Phi) is 3.27. The summed E-state index contributed by atoms with van der Waals surface area (Å²) in [5.74, 6) is 0. The molecule has 1 heterocycles. The smallest absolute Gasteiger partial charge is 0.0345 e. The first-order chi connectivity index (χ1) is 7.25. The largest absolute Gasteiger partial charge is 0.382 e. The Morgan fingerprint density at radius 1 is 1.13 bits per heavy atom. The lowest BCUT2D eigenvalue weighted by Crippen LogP contribution is -2.35. The van der Waals surface area contributed by atoms with Crippen molar-refractivity contribution in [3.8, 4) is 0 Å². The Hall–Kier alpha value is -1.02. The highest BCUT2D eigenvalue weighted by atomic mass is 15.0. The molecule has 0 atom stereocenters. The summed E-state index contributed by atoms with van der Waals surface area (Å²) in [5, 5.41) is 6.99. The zero-order valence-electron chi connectivity index (χ0n) is 9.64. The predicted octanol–water partition coefficient (Wildman–Crippen LogP) is 2.47. The standard InChI is InChI=1S/C13H20N2/c1-10-3-4-13(9-11(10)2)15-12-5-7-14-8-6-12/h3-4,9,12,14-15H,5-8H2,1-2H3. The number of hydrogen-bond donors (Lipinski definition) is 2. The van der Waals surface area contributed by atoms with Crippen LogP contribution in [0.1, 0.15) is 24.0 Å². The second-order valence-electron chi connectivity index (χ2n) is 4.47. The number of piperidine rings is 1. The highest BCUT2D eigenvalue weighted by molar-refractivity contribution is 5.48. The van der Waals surface area contributed by atoms with Gasteiger partial charge in [-0.15, -0.1) is 0 Å². The van der Waals surface area contributed by atoms with Crippen molar-refractivity contribution in [3.63, 3.8) is 0 Å². The van der Waals surface area contributed by atoms with Crippen LogP contribution in [-0.2, 0) is 0 Å². The number of aryl methyl sites for hydroxylation is 2. The van der Waals surface area contributed by atoms with Crippen LogP contribution in [0.15, 0.2) is 18.2 Å². The van der Waals surface area contributed by atoms with E-state index in [1.54, 1.807) is 0 Å². The third-order valence-electron chi connectivity index (χ3n) is 3.22. The Labute approximate surface area is 92.1 Å². The van der Waals surface area contributed by atoms with Gasteiger partial charge in [-0.1, -0.05) is 6.07 Å². The Balaban J connectivity index is 2.00. The van der Waals surface area contributed by atoms with E-state index in [9.17, 15) is 0 Å². The molecule has 1 aromatic rings. The van der Waals surface area contributed by atoms with E-state index in [0.29, 0.717) is 6.04 Å². The van der Waals surface area contributed by atoms with Crippen molar-refractivity contribution >= 4 is 5.69 Å². The van der Waals surface area contributed by atoms with E-state index < -0.39 is 0 Å². The second-order valence-corrected chi connectivity index (χ2v) is 4.47. The summed E-state index contributed by atoms with van der Waals surface area (Å²) in [6.07, 6.45) is 2.46. The van der Waals surface area contributed by atoms with Crippen LogP contribution in [0, 0.1) is 13.8 Å². The molecule has 15 heavy (non-hydrogen) atoms. The zero-order valence-corrected chi connectivity index (χ0v) is 9.64. The van der Waals surface area contributed by atoms with Gasteiger partial charge in [0.25, 0.3) is 0 Å². The minimum absolute atomic E-state index is 0.647. The molecule has 2 heteroatoms. The average molecular weight is 204 g/mol. The van der Waals surface area contributed by atoms with Crippen molar-refractivity contribution in [2.24, 2.45) is 0 Å². The molecule has 2 rings (SSSR count). The fraction of sp³-hybridized carbons (Fsp3) is 0.538. The van der Waals surface area contributed by atoms with Gasteiger partial charge in [-0.25, -0.2) is 0 Å². The number of benzene rings is 1. The fourth-order valence-electron chi connectivity index (χ4n) is 2.03. The quantitative estimate of drug-likeness (QED) is 0.773. The molecule has 0 unspecified atom stereocenters. The molecule has 1 aliphatic rings. The predicted molar refractivity (Wildman–Crippen MR) is 65.4 cm³/mol. The lowest BCUT2D eigenvalue weighted by molar-refractivity contribution is 0.479. The lowest BCUT2D eigenvalue weighted by Gasteiger charge is -2.25. The zero-order chi connectivity index (χ0) is 10.7. The number of anilines is 1. The van der Waals surface area contributed by atoms with Gasteiger partial charge in [-0.2, -0.15) is 0 Å². The molecule has 1 fully saturated rings. The summed E-state index contributed by atoms with van der Waals surface area (Å²) in [6, 6.07) is 7.27. The van der Waals surface area contributed by atoms with Crippen molar-refractivity contribution in [3.05, 3.63) is 29.3 Å². The van der Waals surface area contributed by atoms with E-state index >= 15 is 0 Å². The van der Waals surface area contributed by atoms with Crippen molar-refractivity contribution in [2.75, 3.05) is 18.4 Å². The highest BCUT2D eigenvalue weighted by Gasteiger charge is 2.12. The van der Waals surface area contributed by atoms with Crippen LogP contribution in [0.5, 0.6) is 0 Å². The van der Waals surface area contributed by atoms with Gasteiger partial charge in [-0.3, -0.25) is 0 Å². The van der Waals surface area contributed by atoms with Crippen LogP contribution in [-0.4, -0.2) is 19.1 Å². The third kappa shape index (κ3) is 2.72. The Bertz CT molecular complexity index is 327. The minimum Gasteiger partial charge on any atom is -0.382 e. The third-order valence-corrected chi connectivity index (χ3v) is 3.22. The molecule has 0 saturated carbocycles. The number of hydrogen-bond acceptors (Lipinski definition) is 2. The monoisotopic (exact) mass is 204 g/mol. The van der Waals surface area contributed by atoms with Crippen molar-refractivity contribution in [1.82, 2.24) is 5.32 Å². The molecule has 0 bridgehead atoms. The van der Waals surface area contributed by atoms with E-state index in [2.05, 4.69) is 42.7 Å². The molecule has 2 N–H and O–H groups in total. The summed E-state index contributed by atoms with van der Waals surface area (Å²) in [6.45, 7) is 6.61. The van der Waals surface area contributed by atoms with Crippen LogP contribution in [0.4, 0.5) is 5.69 Å². The van der Waals surface area contributed by atoms with Gasteiger partial charge < -0.3 is 10.6 Å². The molecule has 1 aromatic carbocycles. The van der Waals surface area contributed by atoms with Crippen LogP contribution >= 0.6 is 0 Å². The molecular weight excluding hydrogens is 184 g/mol. The molecule has 2 nitrogen and oxygen atoms in total. The van der Waals surface area contributed by atoms with Crippen molar-refractivity contribution in [1.29, 1.82) is 0 Å². The summed E-state index contributed by atoms with van der Waals surface area (Å²) >= 11 is 0. The maximum absolute atomic E-state index is 3.61. The molecule has 0 spiro atoms. The molecular formula is C13H20N2. The molecule has 1 saturated heterocycles. The second kappa shape index (κ2) is 4.67. The van der Waals surface area contributed by atoms with Crippen molar-refractivity contribution < 1.29 is 0 Å². The van der Waals surface area contributed by atoms with Gasteiger partial charge in [0.1, 0.15) is 0 Å². The number of rotatable bonds is 2. The maximum Gasteiger partial charge on any atom is 0.0345 e. The van der Waals surface area contributed by atoms with Gasteiger partial charge >= 0.3 is 0 Å². The maximum atomic E-state index is 3.61. The topological polar surface area (TPSA) is 24.1 Å². The van der Waals surface area contributed by atoms with Gasteiger partial charge in [0.2, 0.25) is 0 Å². The Morgan fingerprint density at radius 2 is 1.87 bits per heavy atom. The molecule has 0 amide bonds. The lowest BCUT2D eigenvalue weighted by atomic mass is 10.1. The fourth-order valence-corrected chi connectivity index (χ4v) is 2.03. The van der Waals surface area contributed by atoms with Crippen LogP contribution in [0.3, 0.4) is 0 Å². The molecule has 0 radical (unpaired) electrons. The minimum atomic E-state index is 0.647. The van der Waals surface area contributed by atoms with E-state index in [1.807, 2.05) is 0 Å². The SMILES string of the molecule is Cc1ccc(NC2CCNCC2)cc1C. The van der Waals surface area contributed by atoms with Gasteiger partial charge in [0, 0.05) is 11.7 Å². The van der Waals surface area contributed by atoms with E-state index in [0.717, 1.165) is 13.1 Å². The first-order valence-electron chi connectivity index (χ1n) is 5.80. The van der Waals surface area contributed by atoms with Gasteiger partial charge in [0.05, 0.1) is 0 Å². The van der Waals surface area contributed by atoms with Crippen LogP contribution < -0.4 is 10.6 Å². The Morgan fingerprint density at radius 3 is 2.53 bits per heavy atom. The summed E-state index contributed by atoms with van der Waals surface area (Å²) in [4.78, 5) is 0. The summed E-state index contributed by atoms with van der Waals surface area (Å²) < 4.78 is 0. The molecule has 82 valence electrons. The van der Waals surface area contributed by atoms with Crippen molar-refractivity contribution in [2.45, 2.75) is 32.7 Å². The molecule has 0 aliphatic carbocycles. The van der Waals surface area contributed by atoms with Gasteiger partial charge in [-0.05, 0) is 63.0 Å². The molecule has 1 aliphatic heterocycles. The van der Waals surface area contributed by atoms with Crippen LogP contribution in [0.25, 0.3) is 0 Å². The first-order valence-corrected chi connectivity index (χ1v) is 5.80. The normalized spacial score (nSPS) is 17.7. The number of nitrogens with one attached hydrogen (secondary N) is 2.